The van der Waals surface area contributed by atoms with E-state index >= 15 is 0 Å². The molecule has 0 bridgehead atoms. The standard InChI is InChI=1S/C28H33N3O4S/c1-21-8-7-11-27(22(21)2)30-16-18-31(19-17-30)28(32)20-35-25-12-14-26(15-13-25)36(33,34)29-23(3)24-9-5-4-6-10-24/h4-15,23,29H,16-20H2,1-3H3/t23-/m0/s1. The zero-order valence-electron chi connectivity index (χ0n) is 21.0. The molecule has 36 heavy (non-hydrogen) atoms. The van der Waals surface area contributed by atoms with Gasteiger partial charge in [-0.25, -0.2) is 13.1 Å². The van der Waals surface area contributed by atoms with Gasteiger partial charge in [0.05, 0.1) is 4.90 Å². The molecule has 1 aliphatic heterocycles. The monoisotopic (exact) mass is 507 g/mol. The SMILES string of the molecule is Cc1cccc(N2CCN(C(=O)COc3ccc(S(=O)(=O)N[C@@H](C)c4ccccc4)cc3)CC2)c1C. The van der Waals surface area contributed by atoms with Crippen LogP contribution in [0.1, 0.15) is 29.7 Å². The average Bonchev–Trinajstić information content (AvgIpc) is 2.89. The first kappa shape index (κ1) is 25.7. The second-order valence-corrected chi connectivity index (χ2v) is 10.8. The van der Waals surface area contributed by atoms with Crippen molar-refractivity contribution in [2.45, 2.75) is 31.7 Å². The summed E-state index contributed by atoms with van der Waals surface area (Å²) in [7, 11) is -3.69. The van der Waals surface area contributed by atoms with Crippen LogP contribution in [0.15, 0.2) is 77.7 Å². The number of hydrogen-bond acceptors (Lipinski definition) is 5. The van der Waals surface area contributed by atoms with Crippen molar-refractivity contribution in [3.05, 3.63) is 89.5 Å². The maximum Gasteiger partial charge on any atom is 0.260 e. The van der Waals surface area contributed by atoms with E-state index in [9.17, 15) is 13.2 Å². The lowest BCUT2D eigenvalue weighted by molar-refractivity contribution is -0.133. The van der Waals surface area contributed by atoms with Crippen molar-refractivity contribution in [2.24, 2.45) is 0 Å². The van der Waals surface area contributed by atoms with Crippen molar-refractivity contribution in [1.29, 1.82) is 0 Å². The second kappa shape index (κ2) is 11.1. The summed E-state index contributed by atoms with van der Waals surface area (Å²) in [6.07, 6.45) is 0. The highest BCUT2D eigenvalue weighted by molar-refractivity contribution is 7.89. The number of hydrogen-bond donors (Lipinski definition) is 1. The van der Waals surface area contributed by atoms with Gasteiger partial charge in [-0.15, -0.1) is 0 Å². The maximum atomic E-state index is 12.8. The number of rotatable bonds is 8. The van der Waals surface area contributed by atoms with E-state index in [1.807, 2.05) is 35.2 Å². The number of aryl methyl sites for hydroxylation is 1. The minimum absolute atomic E-state index is 0.0781. The molecule has 1 N–H and O–H groups in total. The van der Waals surface area contributed by atoms with Crippen LogP contribution < -0.4 is 14.4 Å². The lowest BCUT2D eigenvalue weighted by Crippen LogP contribution is -2.50. The van der Waals surface area contributed by atoms with Crippen molar-refractivity contribution in [3.8, 4) is 5.75 Å². The molecule has 0 aromatic heterocycles. The van der Waals surface area contributed by atoms with E-state index in [2.05, 4.69) is 41.7 Å². The van der Waals surface area contributed by atoms with Crippen LogP contribution >= 0.6 is 0 Å². The van der Waals surface area contributed by atoms with Crippen LogP contribution in [-0.2, 0) is 14.8 Å². The predicted molar refractivity (Wildman–Crippen MR) is 142 cm³/mol. The zero-order valence-corrected chi connectivity index (χ0v) is 21.8. The number of piperazine rings is 1. The topological polar surface area (TPSA) is 79.0 Å². The molecule has 190 valence electrons. The first-order valence-electron chi connectivity index (χ1n) is 12.1. The molecule has 0 spiro atoms. The van der Waals surface area contributed by atoms with Crippen LogP contribution in [0.4, 0.5) is 5.69 Å². The number of sulfonamides is 1. The highest BCUT2D eigenvalue weighted by Crippen LogP contribution is 2.24. The molecule has 8 heteroatoms. The molecule has 1 aliphatic rings. The van der Waals surface area contributed by atoms with Gasteiger partial charge in [0.1, 0.15) is 5.75 Å². The van der Waals surface area contributed by atoms with Crippen molar-refractivity contribution in [3.63, 3.8) is 0 Å². The molecule has 4 rings (SSSR count). The fraction of sp³-hybridized carbons (Fsp3) is 0.321. The Morgan fingerprint density at radius 2 is 1.58 bits per heavy atom. The molecule has 1 heterocycles. The lowest BCUT2D eigenvalue weighted by atomic mass is 10.1. The Balaban J connectivity index is 1.28. The molecule has 3 aromatic rings. The van der Waals surface area contributed by atoms with Gasteiger partial charge in [-0.2, -0.15) is 0 Å². The summed E-state index contributed by atoms with van der Waals surface area (Å²) < 4.78 is 33.9. The Morgan fingerprint density at radius 1 is 0.917 bits per heavy atom. The average molecular weight is 508 g/mol. The van der Waals surface area contributed by atoms with Crippen LogP contribution in [0.25, 0.3) is 0 Å². The van der Waals surface area contributed by atoms with Gasteiger partial charge in [-0.05, 0) is 67.8 Å². The smallest absolute Gasteiger partial charge is 0.260 e. The zero-order chi connectivity index (χ0) is 25.7. The van der Waals surface area contributed by atoms with Crippen molar-refractivity contribution in [1.82, 2.24) is 9.62 Å². The van der Waals surface area contributed by atoms with Gasteiger partial charge in [0.15, 0.2) is 6.61 Å². The first-order valence-corrected chi connectivity index (χ1v) is 13.6. The van der Waals surface area contributed by atoms with E-state index in [-0.39, 0.29) is 23.5 Å². The van der Waals surface area contributed by atoms with Crippen LogP contribution in [0.3, 0.4) is 0 Å². The van der Waals surface area contributed by atoms with E-state index < -0.39 is 10.0 Å². The molecule has 0 saturated carbocycles. The molecule has 0 unspecified atom stereocenters. The van der Waals surface area contributed by atoms with Crippen LogP contribution in [0.2, 0.25) is 0 Å². The van der Waals surface area contributed by atoms with E-state index in [0.29, 0.717) is 18.8 Å². The van der Waals surface area contributed by atoms with Gasteiger partial charge in [0.2, 0.25) is 10.0 Å². The first-order chi connectivity index (χ1) is 17.2. The van der Waals surface area contributed by atoms with Gasteiger partial charge in [0, 0.05) is 37.9 Å². The minimum atomic E-state index is -3.69. The third-order valence-electron chi connectivity index (χ3n) is 6.68. The summed E-state index contributed by atoms with van der Waals surface area (Å²) in [5.41, 5.74) is 4.64. The Bertz CT molecular complexity index is 1290. The van der Waals surface area contributed by atoms with Crippen molar-refractivity contribution < 1.29 is 17.9 Å². The summed E-state index contributed by atoms with van der Waals surface area (Å²) in [5.74, 6) is 0.373. The second-order valence-electron chi connectivity index (χ2n) is 9.10. The summed E-state index contributed by atoms with van der Waals surface area (Å²) in [6.45, 7) is 8.78. The quantitative estimate of drug-likeness (QED) is 0.497. The number of benzene rings is 3. The van der Waals surface area contributed by atoms with Gasteiger partial charge in [0.25, 0.3) is 5.91 Å². The number of nitrogens with zero attached hydrogens (tertiary/aromatic N) is 2. The summed E-state index contributed by atoms with van der Waals surface area (Å²) in [5, 5.41) is 0. The number of anilines is 1. The molecule has 0 radical (unpaired) electrons. The number of carbonyl (C=O) groups excluding carboxylic acids is 1. The van der Waals surface area contributed by atoms with Gasteiger partial charge < -0.3 is 14.5 Å². The van der Waals surface area contributed by atoms with Crippen molar-refractivity contribution >= 4 is 21.6 Å². The van der Waals surface area contributed by atoms with E-state index in [0.717, 1.165) is 18.7 Å². The predicted octanol–water partition coefficient (Wildman–Crippen LogP) is 4.07. The molecule has 7 nitrogen and oxygen atoms in total. The normalized spacial score (nSPS) is 15.0. The molecule has 1 atom stereocenters. The molecular formula is C28H33N3O4S. The van der Waals surface area contributed by atoms with Gasteiger partial charge in [-0.1, -0.05) is 42.5 Å². The van der Waals surface area contributed by atoms with E-state index in [1.165, 1.54) is 28.9 Å². The van der Waals surface area contributed by atoms with E-state index in [1.54, 1.807) is 19.1 Å². The Morgan fingerprint density at radius 3 is 2.25 bits per heavy atom. The minimum Gasteiger partial charge on any atom is -0.484 e. The molecule has 1 amide bonds. The fourth-order valence-electron chi connectivity index (χ4n) is 4.34. The molecule has 0 aliphatic carbocycles. The van der Waals surface area contributed by atoms with Crippen LogP contribution in [-0.4, -0.2) is 52.0 Å². The van der Waals surface area contributed by atoms with Crippen molar-refractivity contribution in [2.75, 3.05) is 37.7 Å². The number of nitrogens with one attached hydrogen (secondary N) is 1. The molecule has 1 fully saturated rings. The van der Waals surface area contributed by atoms with Crippen LogP contribution in [0, 0.1) is 13.8 Å². The Hall–Kier alpha value is -3.36. The number of carbonyl (C=O) groups is 1. The fourth-order valence-corrected chi connectivity index (χ4v) is 5.57. The summed E-state index contributed by atoms with van der Waals surface area (Å²) in [4.78, 5) is 17.0. The molecule has 3 aromatic carbocycles. The summed E-state index contributed by atoms with van der Waals surface area (Å²) in [6, 6.07) is 21.5. The number of ether oxygens (including phenoxy) is 1. The molecular weight excluding hydrogens is 474 g/mol. The number of amides is 1. The van der Waals surface area contributed by atoms with E-state index in [4.69, 9.17) is 4.74 Å². The lowest BCUT2D eigenvalue weighted by Gasteiger charge is -2.37. The largest absolute Gasteiger partial charge is 0.484 e. The Labute approximate surface area is 213 Å². The summed E-state index contributed by atoms with van der Waals surface area (Å²) >= 11 is 0. The van der Waals surface area contributed by atoms with Gasteiger partial charge in [-0.3, -0.25) is 4.79 Å². The molecule has 1 saturated heterocycles. The maximum absolute atomic E-state index is 12.8. The Kier molecular flexibility index (Phi) is 7.96. The van der Waals surface area contributed by atoms with Gasteiger partial charge >= 0.3 is 0 Å². The third-order valence-corrected chi connectivity index (χ3v) is 8.23. The highest BCUT2D eigenvalue weighted by Gasteiger charge is 2.23. The third kappa shape index (κ3) is 6.06. The van der Waals surface area contributed by atoms with Crippen LogP contribution in [0.5, 0.6) is 5.75 Å². The highest BCUT2D eigenvalue weighted by atomic mass is 32.2.